The van der Waals surface area contributed by atoms with Crippen LogP contribution >= 0.6 is 15.9 Å². The van der Waals surface area contributed by atoms with E-state index in [1.54, 1.807) is 4.90 Å². The number of aryl methyl sites for hydroxylation is 1. The van der Waals surface area contributed by atoms with Crippen LogP contribution in [0.4, 0.5) is 11.4 Å². The minimum absolute atomic E-state index is 0.113. The lowest BCUT2D eigenvalue weighted by molar-refractivity contribution is -0.117. The summed E-state index contributed by atoms with van der Waals surface area (Å²) in [5.74, 6) is 0.314. The molecule has 1 unspecified atom stereocenters. The van der Waals surface area contributed by atoms with Crippen LogP contribution in [0.5, 0.6) is 0 Å². The molecule has 0 aliphatic carbocycles. The van der Waals surface area contributed by atoms with Crippen LogP contribution in [0.1, 0.15) is 18.9 Å². The van der Waals surface area contributed by atoms with Crippen LogP contribution in [-0.2, 0) is 9.59 Å². The molecule has 1 atom stereocenters. The Labute approximate surface area is 121 Å². The standard InChI is InChI=1S/C14H17BrN2O2/c1-9-3-4-12(16-10(2)18)13(5-9)17-8-11(7-15)6-14(17)19/h3-5,11H,6-8H2,1-2H3,(H,16,18). The number of carbonyl (C=O) groups excluding carboxylic acids is 2. The Bertz CT molecular complexity index is 516. The molecule has 1 aliphatic heterocycles. The molecule has 1 aromatic rings. The second kappa shape index (κ2) is 5.74. The quantitative estimate of drug-likeness (QED) is 0.869. The minimum atomic E-state index is -0.131. The van der Waals surface area contributed by atoms with E-state index in [4.69, 9.17) is 0 Å². The number of anilines is 2. The topological polar surface area (TPSA) is 49.4 Å². The highest BCUT2D eigenvalue weighted by molar-refractivity contribution is 9.09. The highest BCUT2D eigenvalue weighted by atomic mass is 79.9. The van der Waals surface area contributed by atoms with E-state index < -0.39 is 0 Å². The van der Waals surface area contributed by atoms with E-state index in [-0.39, 0.29) is 11.8 Å². The van der Waals surface area contributed by atoms with Crippen LogP contribution in [0.2, 0.25) is 0 Å². The van der Waals surface area contributed by atoms with Gasteiger partial charge in [0.2, 0.25) is 11.8 Å². The lowest BCUT2D eigenvalue weighted by atomic mass is 10.1. The monoisotopic (exact) mass is 324 g/mol. The number of alkyl halides is 1. The molecule has 1 N–H and O–H groups in total. The third-order valence-corrected chi connectivity index (χ3v) is 4.09. The maximum Gasteiger partial charge on any atom is 0.227 e. The lowest BCUT2D eigenvalue weighted by Crippen LogP contribution is -2.26. The fourth-order valence-corrected chi connectivity index (χ4v) is 2.71. The van der Waals surface area contributed by atoms with Gasteiger partial charge in [-0.15, -0.1) is 0 Å². The number of carbonyl (C=O) groups is 2. The van der Waals surface area contributed by atoms with Crippen LogP contribution in [0.25, 0.3) is 0 Å². The Morgan fingerprint density at radius 1 is 1.53 bits per heavy atom. The van der Waals surface area contributed by atoms with Crippen molar-refractivity contribution in [2.45, 2.75) is 20.3 Å². The Morgan fingerprint density at radius 2 is 2.26 bits per heavy atom. The molecule has 0 aromatic heterocycles. The summed E-state index contributed by atoms with van der Waals surface area (Å²) in [7, 11) is 0. The number of rotatable bonds is 3. The first-order valence-electron chi connectivity index (χ1n) is 6.26. The molecule has 102 valence electrons. The van der Waals surface area contributed by atoms with Gasteiger partial charge in [0.1, 0.15) is 0 Å². The lowest BCUT2D eigenvalue weighted by Gasteiger charge is -2.21. The Balaban J connectivity index is 2.35. The van der Waals surface area contributed by atoms with Crippen molar-refractivity contribution >= 4 is 39.1 Å². The molecule has 0 saturated carbocycles. The maximum atomic E-state index is 12.1. The summed E-state index contributed by atoms with van der Waals surface area (Å²) < 4.78 is 0. The van der Waals surface area contributed by atoms with Crippen molar-refractivity contribution in [2.24, 2.45) is 5.92 Å². The van der Waals surface area contributed by atoms with Gasteiger partial charge in [0.15, 0.2) is 0 Å². The van der Waals surface area contributed by atoms with Gasteiger partial charge < -0.3 is 10.2 Å². The predicted molar refractivity (Wildman–Crippen MR) is 79.7 cm³/mol. The first kappa shape index (κ1) is 14.1. The number of nitrogens with zero attached hydrogens (tertiary/aromatic N) is 1. The number of nitrogens with one attached hydrogen (secondary N) is 1. The van der Waals surface area contributed by atoms with E-state index >= 15 is 0 Å². The van der Waals surface area contributed by atoms with E-state index in [0.29, 0.717) is 24.6 Å². The molecule has 1 aliphatic rings. The Morgan fingerprint density at radius 3 is 2.84 bits per heavy atom. The molecule has 1 aromatic carbocycles. The normalized spacial score (nSPS) is 18.8. The molecule has 19 heavy (non-hydrogen) atoms. The first-order chi connectivity index (χ1) is 9.01. The molecule has 2 rings (SSSR count). The van der Waals surface area contributed by atoms with Crippen LogP contribution in [0, 0.1) is 12.8 Å². The summed E-state index contributed by atoms with van der Waals surface area (Å²) in [6.45, 7) is 4.14. The molecule has 1 heterocycles. The third kappa shape index (κ3) is 3.15. The molecule has 0 radical (unpaired) electrons. The van der Waals surface area contributed by atoms with Crippen molar-refractivity contribution in [2.75, 3.05) is 22.1 Å². The smallest absolute Gasteiger partial charge is 0.227 e. The van der Waals surface area contributed by atoms with Gasteiger partial charge in [-0.05, 0) is 30.5 Å². The highest BCUT2D eigenvalue weighted by Gasteiger charge is 2.31. The average molecular weight is 325 g/mol. The molecule has 4 nitrogen and oxygen atoms in total. The molecule has 2 amide bonds. The van der Waals surface area contributed by atoms with Crippen molar-refractivity contribution in [3.05, 3.63) is 23.8 Å². The molecular formula is C14H17BrN2O2. The predicted octanol–water partition coefficient (Wildman–Crippen LogP) is 2.70. The van der Waals surface area contributed by atoms with E-state index in [0.717, 1.165) is 16.6 Å². The maximum absolute atomic E-state index is 12.1. The van der Waals surface area contributed by atoms with Gasteiger partial charge in [-0.25, -0.2) is 0 Å². The van der Waals surface area contributed by atoms with Crippen molar-refractivity contribution < 1.29 is 9.59 Å². The third-order valence-electron chi connectivity index (χ3n) is 3.18. The second-order valence-corrected chi connectivity index (χ2v) is 5.58. The summed E-state index contributed by atoms with van der Waals surface area (Å²) in [6, 6.07) is 5.72. The molecular weight excluding hydrogens is 308 g/mol. The van der Waals surface area contributed by atoms with Crippen LogP contribution in [-0.4, -0.2) is 23.7 Å². The number of hydrogen-bond acceptors (Lipinski definition) is 2. The second-order valence-electron chi connectivity index (χ2n) is 4.93. The SMILES string of the molecule is CC(=O)Nc1ccc(C)cc1N1CC(CBr)CC1=O. The van der Waals surface area contributed by atoms with E-state index in [1.807, 2.05) is 25.1 Å². The van der Waals surface area contributed by atoms with Gasteiger partial charge >= 0.3 is 0 Å². The number of benzene rings is 1. The molecule has 0 spiro atoms. The van der Waals surface area contributed by atoms with E-state index in [2.05, 4.69) is 21.2 Å². The average Bonchev–Trinajstić information content (AvgIpc) is 2.72. The first-order valence-corrected chi connectivity index (χ1v) is 7.38. The van der Waals surface area contributed by atoms with Gasteiger partial charge in [0.25, 0.3) is 0 Å². The van der Waals surface area contributed by atoms with Gasteiger partial charge in [-0.2, -0.15) is 0 Å². The van der Waals surface area contributed by atoms with Gasteiger partial charge in [-0.3, -0.25) is 9.59 Å². The zero-order chi connectivity index (χ0) is 14.0. The van der Waals surface area contributed by atoms with Gasteiger partial charge in [0, 0.05) is 25.2 Å². The molecule has 0 bridgehead atoms. The van der Waals surface area contributed by atoms with Crippen molar-refractivity contribution in [1.29, 1.82) is 0 Å². The number of halogens is 1. The number of amides is 2. The Hall–Kier alpha value is -1.36. The fourth-order valence-electron chi connectivity index (χ4n) is 2.28. The summed E-state index contributed by atoms with van der Waals surface area (Å²) in [5.41, 5.74) is 2.56. The Kier molecular flexibility index (Phi) is 4.24. The summed E-state index contributed by atoms with van der Waals surface area (Å²) in [4.78, 5) is 25.1. The largest absolute Gasteiger partial charge is 0.325 e. The number of hydrogen-bond donors (Lipinski definition) is 1. The fraction of sp³-hybridized carbons (Fsp3) is 0.429. The van der Waals surface area contributed by atoms with E-state index in [9.17, 15) is 9.59 Å². The molecule has 1 saturated heterocycles. The van der Waals surface area contributed by atoms with Crippen LogP contribution in [0.15, 0.2) is 18.2 Å². The molecule has 5 heteroatoms. The van der Waals surface area contributed by atoms with Crippen molar-refractivity contribution in [3.63, 3.8) is 0 Å². The van der Waals surface area contributed by atoms with Gasteiger partial charge in [0.05, 0.1) is 11.4 Å². The zero-order valence-electron chi connectivity index (χ0n) is 11.1. The minimum Gasteiger partial charge on any atom is -0.325 e. The van der Waals surface area contributed by atoms with E-state index in [1.165, 1.54) is 6.92 Å². The zero-order valence-corrected chi connectivity index (χ0v) is 12.7. The highest BCUT2D eigenvalue weighted by Crippen LogP contribution is 2.32. The van der Waals surface area contributed by atoms with Crippen LogP contribution < -0.4 is 10.2 Å². The van der Waals surface area contributed by atoms with Crippen LogP contribution in [0.3, 0.4) is 0 Å². The van der Waals surface area contributed by atoms with Gasteiger partial charge in [-0.1, -0.05) is 22.0 Å². The van der Waals surface area contributed by atoms with Crippen molar-refractivity contribution in [1.82, 2.24) is 0 Å². The summed E-state index contributed by atoms with van der Waals surface area (Å²) >= 11 is 3.43. The molecule has 1 fully saturated rings. The summed E-state index contributed by atoms with van der Waals surface area (Å²) in [5, 5.41) is 3.60. The van der Waals surface area contributed by atoms with Crippen molar-refractivity contribution in [3.8, 4) is 0 Å². The summed E-state index contributed by atoms with van der Waals surface area (Å²) in [6.07, 6.45) is 0.554.